The largest absolute Gasteiger partial charge is 0.383 e. The number of halogens is 1. The zero-order chi connectivity index (χ0) is 15.6. The Balaban J connectivity index is 2.53. The van der Waals surface area contributed by atoms with Gasteiger partial charge in [0.2, 0.25) is 0 Å². The van der Waals surface area contributed by atoms with Crippen LogP contribution in [0.5, 0.6) is 0 Å². The smallest absolute Gasteiger partial charge is 0.130 e. The van der Waals surface area contributed by atoms with Gasteiger partial charge in [-0.15, -0.1) is 0 Å². The summed E-state index contributed by atoms with van der Waals surface area (Å²) in [5.41, 5.74) is 2.68. The normalized spacial score (nSPS) is 14.2. The fourth-order valence-electron chi connectivity index (χ4n) is 2.58. The van der Waals surface area contributed by atoms with Gasteiger partial charge < -0.3 is 9.84 Å². The maximum Gasteiger partial charge on any atom is 0.130 e. The van der Waals surface area contributed by atoms with Crippen LogP contribution < -0.4 is 0 Å². The van der Waals surface area contributed by atoms with Gasteiger partial charge in [-0.3, -0.25) is 4.68 Å². The summed E-state index contributed by atoms with van der Waals surface area (Å²) in [5, 5.41) is 15.5. The molecule has 114 valence electrons. The van der Waals surface area contributed by atoms with Crippen LogP contribution in [0.15, 0.2) is 28.9 Å². The third-order valence-electron chi connectivity index (χ3n) is 3.68. The van der Waals surface area contributed by atoms with Gasteiger partial charge in [-0.2, -0.15) is 5.10 Å². The van der Waals surface area contributed by atoms with E-state index in [1.807, 2.05) is 32.0 Å². The first-order valence-corrected chi connectivity index (χ1v) is 7.68. The molecule has 1 heterocycles. The van der Waals surface area contributed by atoms with Crippen molar-refractivity contribution in [1.82, 2.24) is 9.78 Å². The fourth-order valence-corrected chi connectivity index (χ4v) is 3.26. The lowest BCUT2D eigenvalue weighted by Crippen LogP contribution is -2.29. The fraction of sp³-hybridized carbons (Fsp3) is 0.438. The van der Waals surface area contributed by atoms with Crippen molar-refractivity contribution in [3.05, 3.63) is 51.3 Å². The Morgan fingerprint density at radius 3 is 2.76 bits per heavy atom. The van der Waals surface area contributed by atoms with Crippen molar-refractivity contribution in [3.63, 3.8) is 0 Å². The molecule has 0 radical (unpaired) electrons. The number of methoxy groups -OCH3 is 1. The summed E-state index contributed by atoms with van der Waals surface area (Å²) in [4.78, 5) is 0. The first-order chi connectivity index (χ1) is 9.87. The van der Waals surface area contributed by atoms with E-state index in [0.29, 0.717) is 13.2 Å². The second-order valence-corrected chi connectivity index (χ2v) is 6.30. The number of aliphatic hydroxyl groups is 1. The molecule has 1 aromatic carbocycles. The van der Waals surface area contributed by atoms with Crippen LogP contribution in [0.2, 0.25) is 0 Å². The lowest BCUT2D eigenvalue weighted by molar-refractivity contribution is 0.0868. The van der Waals surface area contributed by atoms with Gasteiger partial charge in [0.05, 0.1) is 29.5 Å². The maximum atomic E-state index is 11.2. The highest BCUT2D eigenvalue weighted by molar-refractivity contribution is 9.10. The lowest BCUT2D eigenvalue weighted by Gasteiger charge is -2.27. The maximum absolute atomic E-state index is 11.2. The molecule has 1 atom stereocenters. The highest BCUT2D eigenvalue weighted by atomic mass is 79.9. The monoisotopic (exact) mass is 352 g/mol. The number of benzene rings is 1. The highest BCUT2D eigenvalue weighted by Crippen LogP contribution is 2.36. The summed E-state index contributed by atoms with van der Waals surface area (Å²) in [7, 11) is 1.65. The highest BCUT2D eigenvalue weighted by Gasteiger charge is 2.33. The summed E-state index contributed by atoms with van der Waals surface area (Å²) in [6.45, 7) is 6.98. The SMILES string of the molecule is COCCn1ncc(Br)c1C(C)(O)c1cc(C)ccc1C. The standard InChI is InChI=1S/C16H21BrN2O2/c1-11-5-6-12(2)13(9-11)16(3,20)15-14(17)10-18-19(15)7-8-21-4/h5-6,9-10,20H,7-8H2,1-4H3. The molecule has 2 rings (SSSR count). The molecule has 2 aromatic rings. The second kappa shape index (κ2) is 6.30. The molecule has 0 amide bonds. The van der Waals surface area contributed by atoms with Crippen molar-refractivity contribution in [2.75, 3.05) is 13.7 Å². The zero-order valence-electron chi connectivity index (χ0n) is 12.9. The minimum absolute atomic E-state index is 0.546. The minimum atomic E-state index is -1.13. The molecule has 0 spiro atoms. The lowest BCUT2D eigenvalue weighted by atomic mass is 9.88. The molecule has 0 aliphatic carbocycles. The Hall–Kier alpha value is -1.17. The number of hydrogen-bond acceptors (Lipinski definition) is 3. The molecule has 21 heavy (non-hydrogen) atoms. The van der Waals surface area contributed by atoms with Crippen LogP contribution in [0.4, 0.5) is 0 Å². The average molecular weight is 353 g/mol. The van der Waals surface area contributed by atoms with Gasteiger partial charge in [-0.05, 0) is 47.8 Å². The Bertz CT molecular complexity index is 635. The van der Waals surface area contributed by atoms with E-state index in [2.05, 4.69) is 21.0 Å². The zero-order valence-corrected chi connectivity index (χ0v) is 14.4. The van der Waals surface area contributed by atoms with Crippen LogP contribution in [0.25, 0.3) is 0 Å². The van der Waals surface area contributed by atoms with Crippen LogP contribution in [-0.4, -0.2) is 28.6 Å². The van der Waals surface area contributed by atoms with Gasteiger partial charge in [0.25, 0.3) is 0 Å². The van der Waals surface area contributed by atoms with Gasteiger partial charge in [0, 0.05) is 7.11 Å². The van der Waals surface area contributed by atoms with Crippen molar-refractivity contribution in [1.29, 1.82) is 0 Å². The van der Waals surface area contributed by atoms with E-state index in [-0.39, 0.29) is 0 Å². The first kappa shape index (κ1) is 16.2. The molecular formula is C16H21BrN2O2. The molecule has 1 unspecified atom stereocenters. The van der Waals surface area contributed by atoms with Gasteiger partial charge in [0.15, 0.2) is 0 Å². The molecule has 0 saturated heterocycles. The Morgan fingerprint density at radius 2 is 2.10 bits per heavy atom. The van der Waals surface area contributed by atoms with Crippen LogP contribution in [-0.2, 0) is 16.9 Å². The van der Waals surface area contributed by atoms with E-state index in [4.69, 9.17) is 4.74 Å². The summed E-state index contributed by atoms with van der Waals surface area (Å²) >= 11 is 3.50. The molecule has 5 heteroatoms. The number of rotatable bonds is 5. The Labute approximate surface area is 133 Å². The van der Waals surface area contributed by atoms with E-state index in [1.54, 1.807) is 24.9 Å². The predicted molar refractivity (Wildman–Crippen MR) is 86.4 cm³/mol. The number of ether oxygens (including phenoxy) is 1. The summed E-state index contributed by atoms with van der Waals surface area (Å²) in [6, 6.07) is 6.10. The Morgan fingerprint density at radius 1 is 1.38 bits per heavy atom. The molecular weight excluding hydrogens is 332 g/mol. The van der Waals surface area contributed by atoms with Crippen molar-refractivity contribution < 1.29 is 9.84 Å². The van der Waals surface area contributed by atoms with Crippen LogP contribution >= 0.6 is 15.9 Å². The van der Waals surface area contributed by atoms with Crippen LogP contribution in [0.1, 0.15) is 29.3 Å². The van der Waals surface area contributed by atoms with Gasteiger partial charge >= 0.3 is 0 Å². The summed E-state index contributed by atoms with van der Waals surface area (Å²) < 4.78 is 7.70. The van der Waals surface area contributed by atoms with Gasteiger partial charge in [0.1, 0.15) is 5.60 Å². The first-order valence-electron chi connectivity index (χ1n) is 6.88. The molecule has 0 saturated carbocycles. The number of hydrogen-bond donors (Lipinski definition) is 1. The minimum Gasteiger partial charge on any atom is -0.383 e. The number of nitrogens with zero attached hydrogens (tertiary/aromatic N) is 2. The molecule has 0 bridgehead atoms. The molecule has 4 nitrogen and oxygen atoms in total. The van der Waals surface area contributed by atoms with E-state index in [1.165, 1.54) is 0 Å². The summed E-state index contributed by atoms with van der Waals surface area (Å²) in [6.07, 6.45) is 1.71. The van der Waals surface area contributed by atoms with Crippen LogP contribution in [0.3, 0.4) is 0 Å². The second-order valence-electron chi connectivity index (χ2n) is 5.45. The Kier molecular flexibility index (Phi) is 4.86. The van der Waals surface area contributed by atoms with Crippen LogP contribution in [0, 0.1) is 13.8 Å². The molecule has 1 N–H and O–H groups in total. The molecule has 1 aromatic heterocycles. The third kappa shape index (κ3) is 3.20. The molecule has 0 fully saturated rings. The topological polar surface area (TPSA) is 47.3 Å². The molecule has 0 aliphatic rings. The van der Waals surface area contributed by atoms with Crippen molar-refractivity contribution in [2.24, 2.45) is 0 Å². The summed E-state index contributed by atoms with van der Waals surface area (Å²) in [5.74, 6) is 0. The number of aromatic nitrogens is 2. The third-order valence-corrected chi connectivity index (χ3v) is 4.26. The average Bonchev–Trinajstić information content (AvgIpc) is 2.80. The number of aryl methyl sites for hydroxylation is 2. The predicted octanol–water partition coefficient (Wildman–Crippen LogP) is 3.16. The van der Waals surface area contributed by atoms with E-state index < -0.39 is 5.60 Å². The van der Waals surface area contributed by atoms with Crippen molar-refractivity contribution >= 4 is 15.9 Å². The molecule has 0 aliphatic heterocycles. The van der Waals surface area contributed by atoms with E-state index in [9.17, 15) is 5.11 Å². The van der Waals surface area contributed by atoms with Gasteiger partial charge in [-0.25, -0.2) is 0 Å². The van der Waals surface area contributed by atoms with Crippen molar-refractivity contribution in [3.8, 4) is 0 Å². The quantitative estimate of drug-likeness (QED) is 0.898. The van der Waals surface area contributed by atoms with Crippen molar-refractivity contribution in [2.45, 2.75) is 32.9 Å². The van der Waals surface area contributed by atoms with E-state index >= 15 is 0 Å². The van der Waals surface area contributed by atoms with Gasteiger partial charge in [-0.1, -0.05) is 23.8 Å². The van der Waals surface area contributed by atoms with E-state index in [0.717, 1.165) is 26.9 Å².